The third-order valence-corrected chi connectivity index (χ3v) is 5.84. The van der Waals surface area contributed by atoms with Gasteiger partial charge in [0.15, 0.2) is 0 Å². The first kappa shape index (κ1) is 51.6. The molecule has 0 saturated carbocycles. The third kappa shape index (κ3) is 22.8. The van der Waals surface area contributed by atoms with Gasteiger partial charge in [0.25, 0.3) is 10.1 Å². The zero-order valence-corrected chi connectivity index (χ0v) is 29.9. The van der Waals surface area contributed by atoms with Crippen molar-refractivity contribution in [1.29, 1.82) is 0 Å². The second-order valence-corrected chi connectivity index (χ2v) is 10.1. The second-order valence-electron chi connectivity index (χ2n) is 8.72. The summed E-state index contributed by atoms with van der Waals surface area (Å²) in [7, 11) is -4.64. The summed E-state index contributed by atoms with van der Waals surface area (Å²) >= 11 is 0. The molecule has 0 aliphatic carbocycles. The summed E-state index contributed by atoms with van der Waals surface area (Å²) in [6, 6.07) is 12.4. The molecule has 0 aliphatic heterocycles. The number of carbonyl (C=O) groups is 6. The van der Waals surface area contributed by atoms with Crippen molar-refractivity contribution in [2.24, 2.45) is 0 Å². The van der Waals surface area contributed by atoms with Crippen LogP contribution in [-0.4, -0.2) is 169 Å². The fourth-order valence-corrected chi connectivity index (χ4v) is 3.32. The van der Waals surface area contributed by atoms with Gasteiger partial charge in [-0.1, -0.05) is 6.07 Å². The molecule has 281 valence electrons. The first-order valence-corrected chi connectivity index (χ1v) is 14.9. The number of aliphatic hydroxyl groups excluding tert-OH is 4. The number of aliphatic hydroxyl groups is 4. The molecule has 52 heavy (non-hydrogen) atoms. The minimum atomic E-state index is -4.64. The molecule has 0 fully saturated rings. The summed E-state index contributed by atoms with van der Waals surface area (Å²) in [6.07, 6.45) is 0. The molecule has 0 amide bonds. The Morgan fingerprint density at radius 1 is 0.462 bits per heavy atom. The van der Waals surface area contributed by atoms with Crippen molar-refractivity contribution >= 4 is 75.5 Å². The fraction of sp³-hybridized carbons (Fsp3) is 0.200. The van der Waals surface area contributed by atoms with Crippen molar-refractivity contribution in [2.75, 3.05) is 39.6 Å². The zero-order valence-electron chi connectivity index (χ0n) is 27.1. The van der Waals surface area contributed by atoms with Crippen LogP contribution in [0, 0.1) is 0 Å². The van der Waals surface area contributed by atoms with Gasteiger partial charge < -0.3 is 55.8 Å². The first-order valence-electron chi connectivity index (χ1n) is 13.5. The Hall–Kier alpha value is -4.81. The van der Waals surface area contributed by atoms with Gasteiger partial charge in [-0.3, -0.25) is 4.55 Å². The number of ether oxygens (including phenoxy) is 1. The molecule has 20 nitrogen and oxygen atoms in total. The standard InChI is InChI=1S/C8H6O7S.2C8H6O4.C4H10O3.C2H6O2.Na/c9-7(10)4-1-5(8(11)12)3-6(2-4)16(13,14)15;9-7(10)5-1-2-6(4-3-5)8(11)12;9-7(10)5-2-1-3-6(4-5)8(11)12;5-1-3-7-4-2-6;3-1-2-4;/h1-3H,(H,9,10)(H,11,12)(H,13,14,15);2*1-4H,(H,9,10)(H,11,12);5-6H,1-4H2;3-4H,1-2H2;. The molecule has 0 heterocycles. The largest absolute Gasteiger partial charge is 0.478 e. The molecule has 3 aromatic carbocycles. The third-order valence-electron chi connectivity index (χ3n) is 5.00. The number of rotatable bonds is 12. The zero-order chi connectivity index (χ0) is 39.7. The summed E-state index contributed by atoms with van der Waals surface area (Å²) in [5, 5.41) is 82.6. The van der Waals surface area contributed by atoms with E-state index in [-0.39, 0.29) is 78.2 Å². The Bertz CT molecular complexity index is 1610. The van der Waals surface area contributed by atoms with Crippen molar-refractivity contribution < 1.29 is 97.5 Å². The van der Waals surface area contributed by atoms with Crippen molar-refractivity contribution in [3.8, 4) is 0 Å². The van der Waals surface area contributed by atoms with E-state index in [9.17, 15) is 37.2 Å². The van der Waals surface area contributed by atoms with Crippen LogP contribution in [0.1, 0.15) is 62.1 Å². The van der Waals surface area contributed by atoms with Crippen LogP contribution in [0.3, 0.4) is 0 Å². The smallest absolute Gasteiger partial charge is 0.335 e. The SMILES string of the molecule is O=C(O)c1cc(C(=O)O)cc(S(=O)(=O)O)c1.O=C(O)c1ccc(C(=O)O)cc1.O=C(O)c1cccc(C(=O)O)c1.OCCO.OCCOCCO.[Na]. The van der Waals surface area contributed by atoms with Gasteiger partial charge in [-0.25, -0.2) is 28.8 Å². The van der Waals surface area contributed by atoms with E-state index in [1.807, 2.05) is 0 Å². The van der Waals surface area contributed by atoms with Crippen LogP contribution >= 0.6 is 0 Å². The maximum Gasteiger partial charge on any atom is 0.335 e. The van der Waals surface area contributed by atoms with Crippen LogP contribution < -0.4 is 0 Å². The summed E-state index contributed by atoms with van der Waals surface area (Å²) in [5.74, 6) is -7.36. The van der Waals surface area contributed by atoms with Crippen molar-refractivity contribution in [2.45, 2.75) is 4.90 Å². The molecular weight excluding hydrogens is 735 g/mol. The van der Waals surface area contributed by atoms with E-state index >= 15 is 0 Å². The fourth-order valence-electron chi connectivity index (χ4n) is 2.77. The van der Waals surface area contributed by atoms with Gasteiger partial charge in [-0.2, -0.15) is 8.42 Å². The van der Waals surface area contributed by atoms with Crippen molar-refractivity contribution in [1.82, 2.24) is 0 Å². The van der Waals surface area contributed by atoms with E-state index in [1.54, 1.807) is 0 Å². The number of benzene rings is 3. The van der Waals surface area contributed by atoms with E-state index in [2.05, 4.69) is 4.74 Å². The van der Waals surface area contributed by atoms with Crippen LogP contribution in [0.15, 0.2) is 71.6 Å². The van der Waals surface area contributed by atoms with Crippen molar-refractivity contribution in [3.63, 3.8) is 0 Å². The number of hydrogen-bond donors (Lipinski definition) is 11. The first-order chi connectivity index (χ1) is 23.8. The maximum atomic E-state index is 10.8. The number of carboxylic acid groups (broad SMARTS) is 6. The molecule has 0 unspecified atom stereocenters. The average molecular weight is 770 g/mol. The van der Waals surface area contributed by atoms with E-state index in [1.165, 1.54) is 42.5 Å². The Kier molecular flexibility index (Phi) is 27.6. The number of hydrogen-bond acceptors (Lipinski definition) is 13. The predicted octanol–water partition coefficient (Wildman–Crippen LogP) is 0.0735. The summed E-state index contributed by atoms with van der Waals surface area (Å²) < 4.78 is 34.8. The molecule has 0 saturated heterocycles. The van der Waals surface area contributed by atoms with E-state index in [0.29, 0.717) is 25.3 Å². The van der Waals surface area contributed by atoms with Gasteiger partial charge in [-0.05, 0) is 60.7 Å². The van der Waals surface area contributed by atoms with Gasteiger partial charge in [0.2, 0.25) is 0 Å². The second kappa shape index (κ2) is 27.9. The number of carboxylic acids is 6. The van der Waals surface area contributed by atoms with Crippen LogP contribution in [-0.2, 0) is 14.9 Å². The summed E-state index contributed by atoms with van der Waals surface area (Å²) in [4.78, 5) is 61.8. The molecule has 1 radical (unpaired) electrons. The van der Waals surface area contributed by atoms with E-state index in [0.717, 1.165) is 12.1 Å². The minimum Gasteiger partial charge on any atom is -0.478 e. The maximum absolute atomic E-state index is 10.8. The van der Waals surface area contributed by atoms with Gasteiger partial charge in [-0.15, -0.1) is 0 Å². The Morgan fingerprint density at radius 2 is 0.750 bits per heavy atom. The van der Waals surface area contributed by atoms with E-state index < -0.39 is 62.0 Å². The summed E-state index contributed by atoms with van der Waals surface area (Å²) in [5.41, 5.74) is -0.940. The topological polar surface area (TPSA) is 368 Å². The van der Waals surface area contributed by atoms with Crippen LogP contribution in [0.5, 0.6) is 0 Å². The number of aromatic carboxylic acids is 6. The molecule has 0 aliphatic rings. The van der Waals surface area contributed by atoms with Crippen molar-refractivity contribution in [3.05, 3.63) is 100 Å². The van der Waals surface area contributed by atoms with Gasteiger partial charge in [0.1, 0.15) is 0 Å². The molecule has 3 rings (SSSR count). The van der Waals surface area contributed by atoms with Gasteiger partial charge >= 0.3 is 35.8 Å². The van der Waals surface area contributed by atoms with Crippen LogP contribution in [0.4, 0.5) is 0 Å². The molecule has 3 aromatic rings. The molecule has 22 heteroatoms. The Balaban J connectivity index is -0.000000608. The molecular formula is C30H34NaO20S. The molecule has 0 atom stereocenters. The normalized spacial score (nSPS) is 9.56. The van der Waals surface area contributed by atoms with Gasteiger partial charge in [0.05, 0.1) is 77.9 Å². The molecule has 0 spiro atoms. The van der Waals surface area contributed by atoms with Crippen LogP contribution in [0.25, 0.3) is 0 Å². The van der Waals surface area contributed by atoms with Gasteiger partial charge in [0, 0.05) is 29.6 Å². The quantitative estimate of drug-likeness (QED) is 0.0659. The minimum absolute atomic E-state index is 0. The Morgan fingerprint density at radius 3 is 0.981 bits per heavy atom. The summed E-state index contributed by atoms with van der Waals surface area (Å²) in [6.45, 7) is 0.446. The molecule has 0 aromatic heterocycles. The molecule has 11 N–H and O–H groups in total. The molecule has 0 bridgehead atoms. The van der Waals surface area contributed by atoms with Crippen LogP contribution in [0.2, 0.25) is 0 Å². The Labute approximate surface area is 316 Å². The van der Waals surface area contributed by atoms with E-state index in [4.69, 9.17) is 55.6 Å². The predicted molar refractivity (Wildman–Crippen MR) is 176 cm³/mol. The monoisotopic (exact) mass is 769 g/mol. The average Bonchev–Trinajstić information content (AvgIpc) is 3.08.